The predicted molar refractivity (Wildman–Crippen MR) is 84.0 cm³/mol. The normalized spacial score (nSPS) is 23.9. The molecule has 1 aromatic carbocycles. The zero-order valence-electron chi connectivity index (χ0n) is 12.9. The molecule has 1 heterocycles. The molecule has 0 saturated heterocycles. The first-order chi connectivity index (χ1) is 11.0. The number of nitrogens with zero attached hydrogens (tertiary/aromatic N) is 1. The standard InChI is InChI=1S/C17H17F2NO2S/c1-9-5-12(22-11-3-4-15(18)16(19)7-11)6-13(9)14-8-23-20-17(14)10(2)21/h3-4,7-9,12-13H,5-6H2,1-2H3. The van der Waals surface area contributed by atoms with Crippen molar-refractivity contribution in [2.24, 2.45) is 5.92 Å². The number of carbonyl (C=O) groups excluding carboxylic acids is 1. The lowest BCUT2D eigenvalue weighted by Gasteiger charge is -2.15. The quantitative estimate of drug-likeness (QED) is 0.766. The van der Waals surface area contributed by atoms with Gasteiger partial charge < -0.3 is 4.74 Å². The van der Waals surface area contributed by atoms with Gasteiger partial charge in [0.1, 0.15) is 11.4 Å². The molecular formula is C17H17F2NO2S. The summed E-state index contributed by atoms with van der Waals surface area (Å²) in [7, 11) is 0. The summed E-state index contributed by atoms with van der Waals surface area (Å²) in [6.45, 7) is 3.63. The molecule has 0 N–H and O–H groups in total. The number of Topliss-reactive ketones (excluding diaryl/α,β-unsaturated/α-hetero) is 1. The fourth-order valence-electron chi connectivity index (χ4n) is 3.24. The van der Waals surface area contributed by atoms with Gasteiger partial charge in [-0.05, 0) is 53.9 Å². The van der Waals surface area contributed by atoms with Gasteiger partial charge in [0.15, 0.2) is 17.4 Å². The summed E-state index contributed by atoms with van der Waals surface area (Å²) in [6.07, 6.45) is 1.45. The SMILES string of the molecule is CC(=O)c1nscc1C1CC(Oc2ccc(F)c(F)c2)CC1C. The highest BCUT2D eigenvalue weighted by molar-refractivity contribution is 7.03. The molecule has 1 aromatic heterocycles. The lowest BCUT2D eigenvalue weighted by Crippen LogP contribution is -2.12. The average Bonchev–Trinajstić information content (AvgIpc) is 3.09. The van der Waals surface area contributed by atoms with Crippen LogP contribution in [0, 0.1) is 17.6 Å². The van der Waals surface area contributed by atoms with Crippen LogP contribution in [-0.4, -0.2) is 16.3 Å². The maximum atomic E-state index is 13.3. The van der Waals surface area contributed by atoms with Crippen molar-refractivity contribution in [1.82, 2.24) is 4.37 Å². The Bertz CT molecular complexity index is 731. The van der Waals surface area contributed by atoms with Crippen molar-refractivity contribution < 1.29 is 18.3 Å². The Morgan fingerprint density at radius 1 is 1.30 bits per heavy atom. The van der Waals surface area contributed by atoms with E-state index in [9.17, 15) is 13.6 Å². The summed E-state index contributed by atoms with van der Waals surface area (Å²) in [5.74, 6) is -0.963. The molecule has 1 fully saturated rings. The van der Waals surface area contributed by atoms with E-state index in [0.29, 0.717) is 17.4 Å². The highest BCUT2D eigenvalue weighted by atomic mass is 32.1. The summed E-state index contributed by atoms with van der Waals surface area (Å²) in [5.41, 5.74) is 1.52. The highest BCUT2D eigenvalue weighted by Crippen LogP contribution is 2.42. The molecule has 1 saturated carbocycles. The minimum atomic E-state index is -0.911. The van der Waals surface area contributed by atoms with Crippen LogP contribution in [0.1, 0.15) is 48.7 Å². The second-order valence-electron chi connectivity index (χ2n) is 6.05. The van der Waals surface area contributed by atoms with Crippen LogP contribution in [0.5, 0.6) is 5.75 Å². The average molecular weight is 337 g/mol. The van der Waals surface area contributed by atoms with Gasteiger partial charge in [-0.2, -0.15) is 4.37 Å². The van der Waals surface area contributed by atoms with Crippen molar-refractivity contribution in [2.75, 3.05) is 0 Å². The summed E-state index contributed by atoms with van der Waals surface area (Å²) in [5, 5.41) is 1.93. The first-order valence-electron chi connectivity index (χ1n) is 7.52. The van der Waals surface area contributed by atoms with Crippen LogP contribution >= 0.6 is 11.5 Å². The lowest BCUT2D eigenvalue weighted by atomic mass is 9.90. The molecule has 122 valence electrons. The molecule has 6 heteroatoms. The molecule has 3 rings (SSSR count). The fourth-order valence-corrected chi connectivity index (χ4v) is 4.03. The van der Waals surface area contributed by atoms with Gasteiger partial charge >= 0.3 is 0 Å². The van der Waals surface area contributed by atoms with E-state index in [2.05, 4.69) is 11.3 Å². The van der Waals surface area contributed by atoms with Gasteiger partial charge in [0, 0.05) is 18.4 Å². The number of ether oxygens (including phenoxy) is 1. The van der Waals surface area contributed by atoms with Gasteiger partial charge in [0.05, 0.1) is 6.10 Å². The molecule has 0 radical (unpaired) electrons. The molecule has 1 aliphatic rings. The van der Waals surface area contributed by atoms with E-state index < -0.39 is 11.6 Å². The molecule has 23 heavy (non-hydrogen) atoms. The molecule has 3 atom stereocenters. The van der Waals surface area contributed by atoms with Crippen molar-refractivity contribution in [3.63, 3.8) is 0 Å². The number of carbonyl (C=O) groups is 1. The summed E-state index contributed by atoms with van der Waals surface area (Å²) in [6, 6.07) is 3.57. The summed E-state index contributed by atoms with van der Waals surface area (Å²) in [4.78, 5) is 11.7. The molecule has 0 aliphatic heterocycles. The van der Waals surface area contributed by atoms with Crippen LogP contribution in [0.15, 0.2) is 23.6 Å². The van der Waals surface area contributed by atoms with Crippen LogP contribution in [0.2, 0.25) is 0 Å². The van der Waals surface area contributed by atoms with Crippen molar-refractivity contribution in [3.05, 3.63) is 46.5 Å². The first kappa shape index (κ1) is 16.1. The van der Waals surface area contributed by atoms with E-state index in [1.54, 1.807) is 0 Å². The largest absolute Gasteiger partial charge is 0.490 e. The van der Waals surface area contributed by atoms with E-state index in [4.69, 9.17) is 4.74 Å². The van der Waals surface area contributed by atoms with Gasteiger partial charge in [-0.25, -0.2) is 8.78 Å². The van der Waals surface area contributed by atoms with Crippen LogP contribution in [0.4, 0.5) is 8.78 Å². The lowest BCUT2D eigenvalue weighted by molar-refractivity contribution is 0.101. The number of aromatic nitrogens is 1. The Balaban J connectivity index is 1.74. The van der Waals surface area contributed by atoms with Gasteiger partial charge in [-0.3, -0.25) is 4.79 Å². The monoisotopic (exact) mass is 337 g/mol. The molecule has 2 aromatic rings. The van der Waals surface area contributed by atoms with Crippen LogP contribution in [0.25, 0.3) is 0 Å². The van der Waals surface area contributed by atoms with Crippen molar-refractivity contribution in [2.45, 2.75) is 38.7 Å². The molecular weight excluding hydrogens is 320 g/mol. The number of rotatable bonds is 4. The molecule has 3 unspecified atom stereocenters. The van der Waals surface area contributed by atoms with Gasteiger partial charge in [0.2, 0.25) is 0 Å². The topological polar surface area (TPSA) is 39.2 Å². The fraction of sp³-hybridized carbons (Fsp3) is 0.412. The zero-order valence-corrected chi connectivity index (χ0v) is 13.7. The van der Waals surface area contributed by atoms with E-state index in [1.807, 2.05) is 5.38 Å². The number of benzene rings is 1. The molecule has 0 amide bonds. The van der Waals surface area contributed by atoms with Gasteiger partial charge in [-0.1, -0.05) is 6.92 Å². The van der Waals surface area contributed by atoms with Crippen LogP contribution in [0.3, 0.4) is 0 Å². The second-order valence-corrected chi connectivity index (χ2v) is 6.67. The summed E-state index contributed by atoms with van der Waals surface area (Å²) < 4.78 is 36.2. The third-order valence-corrected chi connectivity index (χ3v) is 5.01. The highest BCUT2D eigenvalue weighted by Gasteiger charge is 2.36. The Morgan fingerprint density at radius 3 is 2.78 bits per heavy atom. The van der Waals surface area contributed by atoms with E-state index in [-0.39, 0.29) is 17.8 Å². The predicted octanol–water partition coefficient (Wildman–Crippen LogP) is 4.59. The maximum Gasteiger partial charge on any atom is 0.179 e. The van der Waals surface area contributed by atoms with E-state index in [1.165, 1.54) is 24.5 Å². The smallest absolute Gasteiger partial charge is 0.179 e. The second kappa shape index (κ2) is 6.35. The number of ketones is 1. The minimum Gasteiger partial charge on any atom is -0.490 e. The van der Waals surface area contributed by atoms with E-state index in [0.717, 1.165) is 30.5 Å². The number of hydrogen-bond donors (Lipinski definition) is 0. The van der Waals surface area contributed by atoms with E-state index >= 15 is 0 Å². The molecule has 3 nitrogen and oxygen atoms in total. The third-order valence-electron chi connectivity index (χ3n) is 4.36. The van der Waals surface area contributed by atoms with Crippen molar-refractivity contribution >= 4 is 17.3 Å². The Labute approximate surface area is 137 Å². The third kappa shape index (κ3) is 3.27. The van der Waals surface area contributed by atoms with Crippen molar-refractivity contribution in [1.29, 1.82) is 0 Å². The maximum absolute atomic E-state index is 13.3. The number of halogens is 2. The molecule has 0 bridgehead atoms. The van der Waals surface area contributed by atoms with Gasteiger partial charge in [-0.15, -0.1) is 0 Å². The summed E-state index contributed by atoms with van der Waals surface area (Å²) >= 11 is 1.29. The van der Waals surface area contributed by atoms with Gasteiger partial charge in [0.25, 0.3) is 0 Å². The van der Waals surface area contributed by atoms with Crippen LogP contribution < -0.4 is 4.74 Å². The number of hydrogen-bond acceptors (Lipinski definition) is 4. The van der Waals surface area contributed by atoms with Crippen molar-refractivity contribution in [3.8, 4) is 5.75 Å². The molecule has 0 spiro atoms. The van der Waals surface area contributed by atoms with Crippen LogP contribution in [-0.2, 0) is 0 Å². The Kier molecular flexibility index (Phi) is 4.43. The Morgan fingerprint density at radius 2 is 2.09 bits per heavy atom. The zero-order chi connectivity index (χ0) is 16.6. The first-order valence-corrected chi connectivity index (χ1v) is 8.36. The molecule has 1 aliphatic carbocycles. The Hall–Kier alpha value is -1.82. The minimum absolute atomic E-state index is 0.0292.